The Morgan fingerprint density at radius 3 is 2.82 bits per heavy atom. The maximum Gasteiger partial charge on any atom is 0.0324 e. The first-order valence-corrected chi connectivity index (χ1v) is 6.95. The van der Waals surface area contributed by atoms with Crippen molar-refractivity contribution in [3.63, 3.8) is 0 Å². The van der Waals surface area contributed by atoms with Crippen molar-refractivity contribution in [2.75, 3.05) is 7.05 Å². The van der Waals surface area contributed by atoms with Crippen LogP contribution in [0, 0.1) is 5.92 Å². The molecular weight excluding hydrogens is 208 g/mol. The molecule has 0 saturated heterocycles. The van der Waals surface area contributed by atoms with Crippen LogP contribution in [-0.2, 0) is 6.42 Å². The lowest BCUT2D eigenvalue weighted by atomic mass is 9.91. The van der Waals surface area contributed by atoms with Crippen molar-refractivity contribution in [2.45, 2.75) is 51.5 Å². The molecule has 94 valence electrons. The maximum absolute atomic E-state index is 4.24. The number of hydrogen-bond acceptors (Lipinski definition) is 2. The summed E-state index contributed by atoms with van der Waals surface area (Å²) in [6.45, 7) is 2.21. The number of nitrogens with one attached hydrogen (secondary N) is 1. The van der Waals surface area contributed by atoms with E-state index in [4.69, 9.17) is 0 Å². The average molecular weight is 232 g/mol. The van der Waals surface area contributed by atoms with E-state index in [1.807, 2.05) is 12.4 Å². The van der Waals surface area contributed by atoms with Gasteiger partial charge in [-0.25, -0.2) is 0 Å². The molecule has 1 aromatic heterocycles. The predicted octanol–water partition coefficient (Wildman–Crippen LogP) is 3.48. The van der Waals surface area contributed by atoms with Crippen molar-refractivity contribution in [3.8, 4) is 0 Å². The molecule has 1 saturated carbocycles. The Morgan fingerprint density at radius 1 is 1.41 bits per heavy atom. The van der Waals surface area contributed by atoms with Crippen molar-refractivity contribution in [1.82, 2.24) is 10.3 Å². The van der Waals surface area contributed by atoms with Crippen LogP contribution in [0.25, 0.3) is 0 Å². The largest absolute Gasteiger partial charge is 0.313 e. The molecule has 0 amide bonds. The van der Waals surface area contributed by atoms with Gasteiger partial charge in [-0.05, 0) is 43.0 Å². The third-order valence-corrected chi connectivity index (χ3v) is 4.09. The van der Waals surface area contributed by atoms with E-state index in [-0.39, 0.29) is 0 Å². The van der Waals surface area contributed by atoms with E-state index < -0.39 is 0 Å². The van der Waals surface area contributed by atoms with Crippen molar-refractivity contribution in [3.05, 3.63) is 29.6 Å². The van der Waals surface area contributed by atoms with Crippen LogP contribution in [0.5, 0.6) is 0 Å². The quantitative estimate of drug-likeness (QED) is 0.840. The SMILES string of the molecule is CCc1cnccc1C(CC1CCCC1)NC. The summed E-state index contributed by atoms with van der Waals surface area (Å²) >= 11 is 0. The summed E-state index contributed by atoms with van der Waals surface area (Å²) in [5.74, 6) is 0.922. The van der Waals surface area contributed by atoms with Crippen molar-refractivity contribution in [2.24, 2.45) is 5.92 Å². The minimum Gasteiger partial charge on any atom is -0.313 e. The van der Waals surface area contributed by atoms with Gasteiger partial charge in [-0.3, -0.25) is 4.98 Å². The molecule has 2 heteroatoms. The summed E-state index contributed by atoms with van der Waals surface area (Å²) in [5, 5.41) is 3.49. The molecule has 1 aliphatic rings. The molecule has 1 fully saturated rings. The standard InChI is InChI=1S/C15H24N2/c1-3-13-11-17-9-8-14(13)15(16-2)10-12-6-4-5-7-12/h8-9,11-12,15-16H,3-7,10H2,1-2H3. The van der Waals surface area contributed by atoms with E-state index >= 15 is 0 Å². The Balaban J connectivity index is 2.10. The lowest BCUT2D eigenvalue weighted by Crippen LogP contribution is -2.20. The van der Waals surface area contributed by atoms with Crippen LogP contribution >= 0.6 is 0 Å². The lowest BCUT2D eigenvalue weighted by Gasteiger charge is -2.22. The number of aromatic nitrogens is 1. The van der Waals surface area contributed by atoms with Crippen LogP contribution in [-0.4, -0.2) is 12.0 Å². The van der Waals surface area contributed by atoms with Gasteiger partial charge in [0, 0.05) is 18.4 Å². The molecule has 2 rings (SSSR count). The van der Waals surface area contributed by atoms with Crippen LogP contribution in [0.15, 0.2) is 18.5 Å². The maximum atomic E-state index is 4.24. The highest BCUT2D eigenvalue weighted by Crippen LogP contribution is 2.33. The fraction of sp³-hybridized carbons (Fsp3) is 0.667. The zero-order valence-corrected chi connectivity index (χ0v) is 11.1. The highest BCUT2D eigenvalue weighted by atomic mass is 14.9. The molecule has 0 spiro atoms. The molecule has 17 heavy (non-hydrogen) atoms. The second kappa shape index (κ2) is 6.15. The van der Waals surface area contributed by atoms with E-state index in [1.165, 1.54) is 43.2 Å². The minimum absolute atomic E-state index is 0.510. The van der Waals surface area contributed by atoms with Gasteiger partial charge in [-0.1, -0.05) is 32.6 Å². The molecule has 1 unspecified atom stereocenters. The number of aryl methyl sites for hydroxylation is 1. The zero-order chi connectivity index (χ0) is 12.1. The molecule has 1 aliphatic carbocycles. The van der Waals surface area contributed by atoms with Gasteiger partial charge in [0.1, 0.15) is 0 Å². The average Bonchev–Trinajstić information content (AvgIpc) is 2.89. The number of nitrogens with zero attached hydrogens (tertiary/aromatic N) is 1. The number of rotatable bonds is 5. The fourth-order valence-electron chi connectivity index (χ4n) is 3.05. The Labute approximate surface area is 105 Å². The monoisotopic (exact) mass is 232 g/mol. The first-order chi connectivity index (χ1) is 8.35. The minimum atomic E-state index is 0.510. The second-order valence-electron chi connectivity index (χ2n) is 5.16. The fourth-order valence-corrected chi connectivity index (χ4v) is 3.05. The first-order valence-electron chi connectivity index (χ1n) is 6.95. The Bertz CT molecular complexity index is 343. The Hall–Kier alpha value is -0.890. The van der Waals surface area contributed by atoms with Crippen LogP contribution in [0.1, 0.15) is 56.2 Å². The summed E-state index contributed by atoms with van der Waals surface area (Å²) in [6, 6.07) is 2.70. The highest BCUT2D eigenvalue weighted by molar-refractivity contribution is 5.26. The molecule has 1 N–H and O–H groups in total. The number of pyridine rings is 1. The van der Waals surface area contributed by atoms with Crippen LogP contribution < -0.4 is 5.32 Å². The van der Waals surface area contributed by atoms with Crippen molar-refractivity contribution in [1.29, 1.82) is 0 Å². The van der Waals surface area contributed by atoms with Crippen LogP contribution in [0.3, 0.4) is 0 Å². The van der Waals surface area contributed by atoms with E-state index in [0.29, 0.717) is 6.04 Å². The third kappa shape index (κ3) is 3.06. The van der Waals surface area contributed by atoms with Gasteiger partial charge in [-0.2, -0.15) is 0 Å². The van der Waals surface area contributed by atoms with Gasteiger partial charge in [0.15, 0.2) is 0 Å². The summed E-state index contributed by atoms with van der Waals surface area (Å²) in [4.78, 5) is 4.24. The van der Waals surface area contributed by atoms with Crippen molar-refractivity contribution < 1.29 is 0 Å². The summed E-state index contributed by atoms with van der Waals surface area (Å²) in [7, 11) is 2.08. The molecule has 0 aliphatic heterocycles. The second-order valence-corrected chi connectivity index (χ2v) is 5.16. The van der Waals surface area contributed by atoms with E-state index in [9.17, 15) is 0 Å². The Kier molecular flexibility index (Phi) is 4.55. The molecule has 2 nitrogen and oxygen atoms in total. The van der Waals surface area contributed by atoms with Gasteiger partial charge in [0.25, 0.3) is 0 Å². The number of hydrogen-bond donors (Lipinski definition) is 1. The van der Waals surface area contributed by atoms with Crippen LogP contribution in [0.4, 0.5) is 0 Å². The lowest BCUT2D eigenvalue weighted by molar-refractivity contribution is 0.412. The summed E-state index contributed by atoms with van der Waals surface area (Å²) in [5.41, 5.74) is 2.85. The summed E-state index contributed by atoms with van der Waals surface area (Å²) in [6.07, 6.45) is 12.0. The highest BCUT2D eigenvalue weighted by Gasteiger charge is 2.21. The molecule has 1 aromatic rings. The molecule has 1 heterocycles. The normalized spacial score (nSPS) is 18.5. The molecule has 0 bridgehead atoms. The molecular formula is C15H24N2. The molecule has 1 atom stereocenters. The van der Waals surface area contributed by atoms with Crippen molar-refractivity contribution >= 4 is 0 Å². The molecule has 0 radical (unpaired) electrons. The molecule has 0 aromatic carbocycles. The zero-order valence-electron chi connectivity index (χ0n) is 11.1. The van der Waals surface area contributed by atoms with E-state index in [2.05, 4.69) is 30.3 Å². The van der Waals surface area contributed by atoms with Crippen LogP contribution in [0.2, 0.25) is 0 Å². The van der Waals surface area contributed by atoms with Gasteiger partial charge in [-0.15, -0.1) is 0 Å². The Morgan fingerprint density at radius 2 is 2.18 bits per heavy atom. The predicted molar refractivity (Wildman–Crippen MR) is 72.0 cm³/mol. The smallest absolute Gasteiger partial charge is 0.0324 e. The van der Waals surface area contributed by atoms with Gasteiger partial charge < -0.3 is 5.32 Å². The summed E-state index contributed by atoms with van der Waals surface area (Å²) < 4.78 is 0. The van der Waals surface area contributed by atoms with E-state index in [0.717, 1.165) is 12.3 Å². The van der Waals surface area contributed by atoms with Gasteiger partial charge in [0.05, 0.1) is 0 Å². The third-order valence-electron chi connectivity index (χ3n) is 4.09. The van der Waals surface area contributed by atoms with E-state index in [1.54, 1.807) is 0 Å². The van der Waals surface area contributed by atoms with Gasteiger partial charge >= 0.3 is 0 Å². The topological polar surface area (TPSA) is 24.9 Å². The van der Waals surface area contributed by atoms with Gasteiger partial charge in [0.2, 0.25) is 0 Å². The first kappa shape index (κ1) is 12.6.